The van der Waals surface area contributed by atoms with Gasteiger partial charge in [0.25, 0.3) is 0 Å². The van der Waals surface area contributed by atoms with E-state index in [1.165, 1.54) is 0 Å². The van der Waals surface area contributed by atoms with Crippen molar-refractivity contribution in [3.8, 4) is 0 Å². The third-order valence-corrected chi connectivity index (χ3v) is 2.93. The number of nitrogens with two attached hydrogens (primary N) is 1. The molecule has 0 aliphatic heterocycles. The molecule has 1 atom stereocenters. The third kappa shape index (κ3) is 3.88. The molecule has 1 rings (SSSR count). The molecule has 96 valence electrons. The zero-order valence-corrected chi connectivity index (χ0v) is 11.6. The highest BCUT2D eigenvalue weighted by atomic mass is 15.2. The van der Waals surface area contributed by atoms with Gasteiger partial charge >= 0.3 is 0 Å². The van der Waals surface area contributed by atoms with Crippen LogP contribution in [0.15, 0.2) is 6.07 Å². The van der Waals surface area contributed by atoms with Crippen molar-refractivity contribution in [2.75, 3.05) is 17.7 Å². The normalized spacial score (nSPS) is 12.8. The van der Waals surface area contributed by atoms with Crippen molar-refractivity contribution in [1.82, 2.24) is 9.97 Å². The molecule has 0 radical (unpaired) electrons. The van der Waals surface area contributed by atoms with E-state index in [9.17, 15) is 0 Å². The van der Waals surface area contributed by atoms with Gasteiger partial charge in [0, 0.05) is 25.6 Å². The second kappa shape index (κ2) is 5.84. The summed E-state index contributed by atoms with van der Waals surface area (Å²) in [5.74, 6) is 2.96. The molecule has 0 saturated heterocycles. The number of rotatable bonds is 5. The molecule has 0 saturated carbocycles. The van der Waals surface area contributed by atoms with Gasteiger partial charge in [0.15, 0.2) is 0 Å². The van der Waals surface area contributed by atoms with Crippen LogP contribution >= 0.6 is 0 Å². The molecule has 0 aliphatic rings. The van der Waals surface area contributed by atoms with Crippen LogP contribution < -0.4 is 10.6 Å². The van der Waals surface area contributed by atoms with Crippen LogP contribution in [0.1, 0.15) is 39.9 Å². The minimum atomic E-state index is 0.453. The molecule has 4 heteroatoms. The fraction of sp³-hybridized carbons (Fsp3) is 0.692. The van der Waals surface area contributed by atoms with E-state index < -0.39 is 0 Å². The van der Waals surface area contributed by atoms with Crippen LogP contribution in [0.25, 0.3) is 0 Å². The van der Waals surface area contributed by atoms with Gasteiger partial charge < -0.3 is 10.6 Å². The van der Waals surface area contributed by atoms with Crippen molar-refractivity contribution in [1.29, 1.82) is 0 Å². The zero-order valence-electron chi connectivity index (χ0n) is 11.6. The fourth-order valence-corrected chi connectivity index (χ4v) is 1.91. The predicted molar refractivity (Wildman–Crippen MR) is 73.1 cm³/mol. The van der Waals surface area contributed by atoms with Crippen molar-refractivity contribution in [2.45, 2.75) is 46.6 Å². The molecule has 4 nitrogen and oxygen atoms in total. The number of anilines is 2. The maximum Gasteiger partial charge on any atom is 0.134 e. The van der Waals surface area contributed by atoms with Crippen molar-refractivity contribution >= 4 is 11.6 Å². The minimum Gasteiger partial charge on any atom is -0.384 e. The predicted octanol–water partition coefficient (Wildman–Crippen LogP) is 2.49. The molecule has 1 aromatic rings. The van der Waals surface area contributed by atoms with Gasteiger partial charge in [-0.25, -0.2) is 9.97 Å². The number of hydrogen-bond donors (Lipinski definition) is 1. The Bertz CT molecular complexity index is 362. The Kier molecular flexibility index (Phi) is 4.73. The van der Waals surface area contributed by atoms with E-state index >= 15 is 0 Å². The molecule has 0 aromatic carbocycles. The Hall–Kier alpha value is -1.32. The maximum absolute atomic E-state index is 5.80. The summed E-state index contributed by atoms with van der Waals surface area (Å²) in [5, 5.41) is 0. The summed E-state index contributed by atoms with van der Waals surface area (Å²) in [4.78, 5) is 10.9. The Morgan fingerprint density at radius 3 is 2.47 bits per heavy atom. The summed E-state index contributed by atoms with van der Waals surface area (Å²) in [6.07, 6.45) is 1.95. The SMILES string of the molecule is CCc1nc(N)cc(N(C)C(C)CC(C)C)n1. The smallest absolute Gasteiger partial charge is 0.134 e. The van der Waals surface area contributed by atoms with E-state index in [1.807, 2.05) is 13.0 Å². The Balaban J connectivity index is 2.87. The lowest BCUT2D eigenvalue weighted by Gasteiger charge is -2.27. The van der Waals surface area contributed by atoms with E-state index in [1.54, 1.807) is 0 Å². The zero-order chi connectivity index (χ0) is 13.0. The van der Waals surface area contributed by atoms with Gasteiger partial charge in [-0.15, -0.1) is 0 Å². The van der Waals surface area contributed by atoms with E-state index in [-0.39, 0.29) is 0 Å². The van der Waals surface area contributed by atoms with Gasteiger partial charge in [-0.3, -0.25) is 0 Å². The summed E-state index contributed by atoms with van der Waals surface area (Å²) >= 11 is 0. The molecule has 1 heterocycles. The van der Waals surface area contributed by atoms with Gasteiger partial charge in [0.2, 0.25) is 0 Å². The average molecular weight is 236 g/mol. The Morgan fingerprint density at radius 2 is 1.94 bits per heavy atom. The van der Waals surface area contributed by atoms with E-state index in [0.717, 1.165) is 24.5 Å². The first-order valence-corrected chi connectivity index (χ1v) is 6.30. The van der Waals surface area contributed by atoms with Gasteiger partial charge in [-0.1, -0.05) is 20.8 Å². The fourth-order valence-electron chi connectivity index (χ4n) is 1.91. The quantitative estimate of drug-likeness (QED) is 0.853. The molecule has 2 N–H and O–H groups in total. The lowest BCUT2D eigenvalue weighted by atomic mass is 10.0. The molecule has 17 heavy (non-hydrogen) atoms. The lowest BCUT2D eigenvalue weighted by molar-refractivity contribution is 0.501. The second-order valence-electron chi connectivity index (χ2n) is 5.01. The summed E-state index contributed by atoms with van der Waals surface area (Å²) in [6.45, 7) is 8.71. The summed E-state index contributed by atoms with van der Waals surface area (Å²) in [5.41, 5.74) is 5.80. The van der Waals surface area contributed by atoms with Crippen LogP contribution in [0.3, 0.4) is 0 Å². The van der Waals surface area contributed by atoms with Crippen LogP contribution in [-0.2, 0) is 6.42 Å². The highest BCUT2D eigenvalue weighted by Gasteiger charge is 2.14. The van der Waals surface area contributed by atoms with E-state index in [0.29, 0.717) is 17.8 Å². The molecule has 0 amide bonds. The van der Waals surface area contributed by atoms with Gasteiger partial charge in [0.1, 0.15) is 17.5 Å². The number of aryl methyl sites for hydroxylation is 1. The first kappa shape index (κ1) is 13.7. The third-order valence-electron chi connectivity index (χ3n) is 2.93. The largest absolute Gasteiger partial charge is 0.384 e. The Labute approximate surface area is 104 Å². The first-order chi connectivity index (χ1) is 7.93. The molecular weight excluding hydrogens is 212 g/mol. The number of nitrogens with zero attached hydrogens (tertiary/aromatic N) is 3. The van der Waals surface area contributed by atoms with Crippen LogP contribution in [0, 0.1) is 5.92 Å². The maximum atomic E-state index is 5.80. The highest BCUT2D eigenvalue weighted by molar-refractivity contribution is 5.47. The van der Waals surface area contributed by atoms with Crippen molar-refractivity contribution < 1.29 is 0 Å². The lowest BCUT2D eigenvalue weighted by Crippen LogP contribution is -2.31. The molecule has 0 spiro atoms. The van der Waals surface area contributed by atoms with Gasteiger partial charge in [-0.2, -0.15) is 0 Å². The first-order valence-electron chi connectivity index (χ1n) is 6.30. The molecule has 0 aliphatic carbocycles. The van der Waals surface area contributed by atoms with Crippen LogP contribution in [-0.4, -0.2) is 23.1 Å². The monoisotopic (exact) mass is 236 g/mol. The standard InChI is InChI=1S/C13H24N4/c1-6-12-15-11(14)8-13(16-12)17(5)10(4)7-9(2)3/h8-10H,6-7H2,1-5H3,(H2,14,15,16). The van der Waals surface area contributed by atoms with Crippen molar-refractivity contribution in [3.63, 3.8) is 0 Å². The second-order valence-corrected chi connectivity index (χ2v) is 5.01. The number of aromatic nitrogens is 2. The van der Waals surface area contributed by atoms with Gasteiger partial charge in [-0.05, 0) is 19.3 Å². The summed E-state index contributed by atoms with van der Waals surface area (Å²) < 4.78 is 0. The van der Waals surface area contributed by atoms with Gasteiger partial charge in [0.05, 0.1) is 0 Å². The average Bonchev–Trinajstić information content (AvgIpc) is 2.26. The molecular formula is C13H24N4. The molecule has 1 aromatic heterocycles. The summed E-state index contributed by atoms with van der Waals surface area (Å²) in [7, 11) is 2.06. The Morgan fingerprint density at radius 1 is 1.29 bits per heavy atom. The highest BCUT2D eigenvalue weighted by Crippen LogP contribution is 2.18. The van der Waals surface area contributed by atoms with E-state index in [4.69, 9.17) is 5.73 Å². The topological polar surface area (TPSA) is 55.0 Å². The van der Waals surface area contributed by atoms with Crippen molar-refractivity contribution in [2.24, 2.45) is 5.92 Å². The van der Waals surface area contributed by atoms with Crippen LogP contribution in [0.4, 0.5) is 11.6 Å². The molecule has 1 unspecified atom stereocenters. The van der Waals surface area contributed by atoms with Crippen LogP contribution in [0.5, 0.6) is 0 Å². The molecule has 0 bridgehead atoms. The number of nitrogen functional groups attached to an aromatic ring is 1. The number of hydrogen-bond acceptors (Lipinski definition) is 4. The molecule has 0 fully saturated rings. The van der Waals surface area contributed by atoms with Crippen LogP contribution in [0.2, 0.25) is 0 Å². The summed E-state index contributed by atoms with van der Waals surface area (Å²) in [6, 6.07) is 2.30. The van der Waals surface area contributed by atoms with Crippen molar-refractivity contribution in [3.05, 3.63) is 11.9 Å². The van der Waals surface area contributed by atoms with E-state index in [2.05, 4.69) is 42.7 Å². The minimum absolute atomic E-state index is 0.453.